The van der Waals surface area contributed by atoms with Crippen LogP contribution in [0, 0.1) is 0 Å². The highest BCUT2D eigenvalue weighted by molar-refractivity contribution is 8.08. The zero-order valence-electron chi connectivity index (χ0n) is 14.1. The minimum atomic E-state index is 0.0968. The maximum absolute atomic E-state index is 11.7. The first kappa shape index (κ1) is 17.2. The Morgan fingerprint density at radius 2 is 2.12 bits per heavy atom. The highest BCUT2D eigenvalue weighted by atomic mass is 32.2. The molecule has 5 heteroatoms. The van der Waals surface area contributed by atoms with Gasteiger partial charge in [0.15, 0.2) is 5.78 Å². The number of Topliss-reactive ketones (excluding diaryl/α,β-unsaturated/α-hetero) is 1. The van der Waals surface area contributed by atoms with Crippen molar-refractivity contribution in [2.45, 2.75) is 26.7 Å². The summed E-state index contributed by atoms with van der Waals surface area (Å²) < 4.78 is 0. The van der Waals surface area contributed by atoms with Crippen LogP contribution in [0.2, 0.25) is 0 Å². The van der Waals surface area contributed by atoms with Crippen molar-refractivity contribution in [3.63, 3.8) is 0 Å². The monoisotopic (exact) mass is 356 g/mol. The second-order valence-corrected chi connectivity index (χ2v) is 7.64. The molecule has 0 fully saturated rings. The van der Waals surface area contributed by atoms with Gasteiger partial charge in [-0.15, -0.1) is 11.8 Å². The summed E-state index contributed by atoms with van der Waals surface area (Å²) in [6.45, 7) is 6.45. The fourth-order valence-corrected chi connectivity index (χ4v) is 4.76. The number of aliphatic imine (C=N–C) groups is 1. The predicted octanol–water partition coefficient (Wildman–Crippen LogP) is 5.06. The topological polar surface area (TPSA) is 32.7 Å². The molecule has 2 aliphatic heterocycles. The summed E-state index contributed by atoms with van der Waals surface area (Å²) in [6, 6.07) is 8.33. The van der Waals surface area contributed by atoms with E-state index in [0.29, 0.717) is 5.92 Å². The molecule has 1 aromatic rings. The van der Waals surface area contributed by atoms with Crippen LogP contribution >= 0.6 is 23.5 Å². The Hall–Kier alpha value is -1.68. The number of thioether (sulfide) groups is 2. The Kier molecular flexibility index (Phi) is 5.34. The number of hydrogen-bond donors (Lipinski definition) is 0. The minimum absolute atomic E-state index is 0.0968. The molecular weight excluding hydrogens is 336 g/mol. The highest BCUT2D eigenvalue weighted by Gasteiger charge is 2.26. The van der Waals surface area contributed by atoms with Crippen LogP contribution in [0.15, 0.2) is 56.4 Å². The molecule has 0 bridgehead atoms. The van der Waals surface area contributed by atoms with Gasteiger partial charge in [-0.05, 0) is 43.9 Å². The van der Waals surface area contributed by atoms with Crippen LogP contribution < -0.4 is 0 Å². The average Bonchev–Trinajstić information content (AvgIpc) is 3.21. The van der Waals surface area contributed by atoms with Gasteiger partial charge in [0.2, 0.25) is 0 Å². The number of allylic oxidation sites excluding steroid dienone is 3. The first-order valence-corrected chi connectivity index (χ1v) is 9.85. The summed E-state index contributed by atoms with van der Waals surface area (Å²) in [5, 5.41) is 3.05. The molecule has 3 rings (SSSR count). The normalized spacial score (nSPS) is 19.9. The van der Waals surface area contributed by atoms with E-state index in [9.17, 15) is 4.79 Å². The number of hydrogen-bond acceptors (Lipinski definition) is 5. The molecule has 0 aromatic heterocycles. The van der Waals surface area contributed by atoms with Gasteiger partial charge in [0.25, 0.3) is 0 Å². The lowest BCUT2D eigenvalue weighted by Crippen LogP contribution is -2.15. The van der Waals surface area contributed by atoms with Crippen molar-refractivity contribution in [2.75, 3.05) is 12.3 Å². The lowest BCUT2D eigenvalue weighted by atomic mass is 10.0. The molecule has 0 amide bonds. The molecule has 0 saturated carbocycles. The fourth-order valence-electron chi connectivity index (χ4n) is 2.77. The van der Waals surface area contributed by atoms with Gasteiger partial charge in [-0.2, -0.15) is 0 Å². The van der Waals surface area contributed by atoms with Crippen LogP contribution in [0.25, 0.3) is 0 Å². The molecule has 124 valence electrons. The van der Waals surface area contributed by atoms with Crippen LogP contribution in [0.1, 0.15) is 32.3 Å². The van der Waals surface area contributed by atoms with Gasteiger partial charge >= 0.3 is 0 Å². The molecule has 2 aliphatic rings. The molecule has 1 unspecified atom stereocenters. The maximum Gasteiger partial charge on any atom is 0.168 e. The van der Waals surface area contributed by atoms with Gasteiger partial charge in [-0.1, -0.05) is 30.0 Å². The Labute approximate surface area is 151 Å². The van der Waals surface area contributed by atoms with E-state index < -0.39 is 0 Å². The zero-order valence-corrected chi connectivity index (χ0v) is 15.7. The average molecular weight is 357 g/mol. The Bertz CT molecular complexity index is 771. The number of carbonyl (C=O) groups is 1. The third-order valence-electron chi connectivity index (χ3n) is 4.10. The highest BCUT2D eigenvalue weighted by Crippen LogP contribution is 2.39. The summed E-state index contributed by atoms with van der Waals surface area (Å²) in [5.74, 6) is 4.85. The number of rotatable bonds is 4. The van der Waals surface area contributed by atoms with E-state index in [1.54, 1.807) is 6.92 Å². The van der Waals surface area contributed by atoms with Crippen molar-refractivity contribution in [2.24, 2.45) is 4.99 Å². The van der Waals surface area contributed by atoms with Gasteiger partial charge in [0.05, 0.1) is 10.6 Å². The van der Waals surface area contributed by atoms with Crippen molar-refractivity contribution >= 4 is 40.9 Å². The quantitative estimate of drug-likeness (QED) is 0.706. The lowest BCUT2D eigenvalue weighted by Gasteiger charge is -2.16. The van der Waals surface area contributed by atoms with E-state index >= 15 is 0 Å². The van der Waals surface area contributed by atoms with Crippen molar-refractivity contribution in [1.29, 1.82) is 0 Å². The SMILES string of the molecule is CCN1C(=C=Nc2ccc(C3C=CSC3)cc2)SC(C(C)=O)=C1C. The third-order valence-corrected chi connectivity index (χ3v) is 6.29. The number of nitrogens with zero attached hydrogens (tertiary/aromatic N) is 2. The van der Waals surface area contributed by atoms with Crippen LogP contribution in [0.4, 0.5) is 5.69 Å². The van der Waals surface area contributed by atoms with Crippen LogP contribution in [-0.4, -0.2) is 28.9 Å². The van der Waals surface area contributed by atoms with E-state index in [2.05, 4.69) is 46.3 Å². The molecule has 0 radical (unpaired) electrons. The molecule has 2 heterocycles. The van der Waals surface area contributed by atoms with Crippen LogP contribution in [0.5, 0.6) is 0 Å². The van der Waals surface area contributed by atoms with Gasteiger partial charge in [0, 0.05) is 29.8 Å². The molecule has 0 N–H and O–H groups in total. The lowest BCUT2D eigenvalue weighted by molar-refractivity contribution is -0.113. The van der Waals surface area contributed by atoms with Gasteiger partial charge in [0.1, 0.15) is 5.03 Å². The number of benzene rings is 1. The Balaban J connectivity index is 1.80. The Morgan fingerprint density at radius 1 is 1.38 bits per heavy atom. The number of ketones is 1. The van der Waals surface area contributed by atoms with Crippen LogP contribution in [0.3, 0.4) is 0 Å². The molecule has 3 nitrogen and oxygen atoms in total. The maximum atomic E-state index is 11.7. The van der Waals surface area contributed by atoms with Gasteiger partial charge in [-0.3, -0.25) is 4.79 Å². The molecule has 1 atom stereocenters. The predicted molar refractivity (Wildman–Crippen MR) is 105 cm³/mol. The molecule has 24 heavy (non-hydrogen) atoms. The van der Waals surface area contributed by atoms with Crippen molar-refractivity contribution in [3.8, 4) is 0 Å². The molecule has 1 aromatic carbocycles. The van der Waals surface area contributed by atoms with Crippen molar-refractivity contribution in [3.05, 3.63) is 56.9 Å². The zero-order chi connectivity index (χ0) is 17.1. The van der Waals surface area contributed by atoms with Gasteiger partial charge < -0.3 is 4.90 Å². The second kappa shape index (κ2) is 7.47. The summed E-state index contributed by atoms with van der Waals surface area (Å²) in [4.78, 5) is 19.1. The molecule has 0 aliphatic carbocycles. The van der Waals surface area contributed by atoms with Crippen molar-refractivity contribution < 1.29 is 4.79 Å². The van der Waals surface area contributed by atoms with Gasteiger partial charge in [-0.25, -0.2) is 4.99 Å². The molecular formula is C19H20N2OS2. The standard InChI is InChI=1S/C19H20N2OS2/c1-4-21-13(2)19(14(3)22)24-18(21)11-20-17-7-5-15(6-8-17)16-9-10-23-12-16/h5-10,16H,4,12H2,1-3H3. The minimum Gasteiger partial charge on any atom is -0.331 e. The first-order chi connectivity index (χ1) is 11.6. The van der Waals surface area contributed by atoms with Crippen molar-refractivity contribution in [1.82, 2.24) is 4.90 Å². The largest absolute Gasteiger partial charge is 0.331 e. The van der Waals surface area contributed by atoms with E-state index in [1.165, 1.54) is 17.3 Å². The summed E-state index contributed by atoms with van der Waals surface area (Å²) in [5.41, 5.74) is 3.20. The summed E-state index contributed by atoms with van der Waals surface area (Å²) >= 11 is 3.31. The smallest absolute Gasteiger partial charge is 0.168 e. The summed E-state index contributed by atoms with van der Waals surface area (Å²) in [6.07, 6.45) is 2.25. The second-order valence-electron chi connectivity index (χ2n) is 5.71. The Morgan fingerprint density at radius 3 is 2.71 bits per heavy atom. The van der Waals surface area contributed by atoms with E-state index in [4.69, 9.17) is 0 Å². The van der Waals surface area contributed by atoms with Crippen LogP contribution in [-0.2, 0) is 4.79 Å². The first-order valence-electron chi connectivity index (χ1n) is 7.99. The van der Waals surface area contributed by atoms with E-state index in [0.717, 1.165) is 33.6 Å². The number of carbonyl (C=O) groups excluding carboxylic acids is 1. The fraction of sp³-hybridized carbons (Fsp3) is 0.316. The summed E-state index contributed by atoms with van der Waals surface area (Å²) in [7, 11) is 0. The molecule has 0 saturated heterocycles. The molecule has 0 spiro atoms. The van der Waals surface area contributed by atoms with E-state index in [-0.39, 0.29) is 5.78 Å². The van der Waals surface area contributed by atoms with E-state index in [1.807, 2.05) is 30.8 Å². The third kappa shape index (κ3) is 3.54.